The topological polar surface area (TPSA) is 67.9 Å². The number of carbonyl (C=O) groups excluding carboxylic acids is 2. The lowest BCUT2D eigenvalue weighted by molar-refractivity contribution is -0.116. The van der Waals surface area contributed by atoms with Gasteiger partial charge in [0.05, 0.1) is 20.8 Å². The van der Waals surface area contributed by atoms with E-state index in [9.17, 15) is 9.59 Å². The molecular weight excluding hydrogens is 368 g/mol. The van der Waals surface area contributed by atoms with Crippen LogP contribution in [-0.2, 0) is 4.79 Å². The highest BCUT2D eigenvalue weighted by Gasteiger charge is 2.06. The van der Waals surface area contributed by atoms with Gasteiger partial charge in [-0.15, -0.1) is 0 Å². The van der Waals surface area contributed by atoms with E-state index in [1.807, 2.05) is 6.07 Å². The zero-order valence-electron chi connectivity index (χ0n) is 17.0. The first kappa shape index (κ1) is 21.6. The van der Waals surface area contributed by atoms with Crippen molar-refractivity contribution in [1.82, 2.24) is 10.2 Å². The molecule has 0 spiro atoms. The Morgan fingerprint density at radius 2 is 1.72 bits per heavy atom. The van der Waals surface area contributed by atoms with Crippen LogP contribution < -0.4 is 14.8 Å². The predicted molar refractivity (Wildman–Crippen MR) is 113 cm³/mol. The van der Waals surface area contributed by atoms with Crippen molar-refractivity contribution in [3.8, 4) is 23.3 Å². The molecule has 0 unspecified atom stereocenters. The van der Waals surface area contributed by atoms with Gasteiger partial charge in [-0.2, -0.15) is 0 Å². The van der Waals surface area contributed by atoms with Crippen LogP contribution in [0.25, 0.3) is 6.08 Å². The second kappa shape index (κ2) is 10.6. The maximum atomic E-state index is 11.9. The molecule has 0 heterocycles. The fraction of sp³-hybridized carbons (Fsp3) is 0.217. The summed E-state index contributed by atoms with van der Waals surface area (Å²) in [5, 5.41) is 2.70. The Hall–Kier alpha value is -3.72. The highest BCUT2D eigenvalue weighted by Crippen LogP contribution is 2.27. The van der Waals surface area contributed by atoms with Gasteiger partial charge in [-0.3, -0.25) is 9.59 Å². The van der Waals surface area contributed by atoms with Crippen LogP contribution in [-0.4, -0.2) is 51.6 Å². The van der Waals surface area contributed by atoms with Gasteiger partial charge in [-0.05, 0) is 48.0 Å². The van der Waals surface area contributed by atoms with Crippen molar-refractivity contribution in [3.05, 3.63) is 65.2 Å². The number of carbonyl (C=O) groups is 2. The summed E-state index contributed by atoms with van der Waals surface area (Å²) in [5.74, 6) is 6.76. The molecule has 0 aliphatic rings. The number of benzene rings is 2. The van der Waals surface area contributed by atoms with Crippen molar-refractivity contribution in [3.63, 3.8) is 0 Å². The van der Waals surface area contributed by atoms with Gasteiger partial charge < -0.3 is 19.7 Å². The Labute approximate surface area is 171 Å². The first-order valence-electron chi connectivity index (χ1n) is 8.93. The Bertz CT molecular complexity index is 951. The van der Waals surface area contributed by atoms with Gasteiger partial charge in [0.25, 0.3) is 5.91 Å². The first-order valence-corrected chi connectivity index (χ1v) is 8.93. The number of ether oxygens (including phenoxy) is 2. The second-order valence-electron chi connectivity index (χ2n) is 6.24. The van der Waals surface area contributed by atoms with Gasteiger partial charge in [-0.25, -0.2) is 0 Å². The Morgan fingerprint density at radius 3 is 2.34 bits per heavy atom. The van der Waals surface area contributed by atoms with Crippen molar-refractivity contribution in [1.29, 1.82) is 0 Å². The molecule has 150 valence electrons. The summed E-state index contributed by atoms with van der Waals surface area (Å²) in [7, 11) is 6.54. The van der Waals surface area contributed by atoms with E-state index in [2.05, 4.69) is 17.2 Å². The number of nitrogens with zero attached hydrogens (tertiary/aromatic N) is 1. The summed E-state index contributed by atoms with van der Waals surface area (Å²) in [5.41, 5.74) is 2.20. The zero-order valence-corrected chi connectivity index (χ0v) is 17.0. The van der Waals surface area contributed by atoms with Crippen molar-refractivity contribution >= 4 is 17.9 Å². The van der Waals surface area contributed by atoms with Crippen molar-refractivity contribution in [2.45, 2.75) is 0 Å². The maximum absolute atomic E-state index is 11.9. The van der Waals surface area contributed by atoms with E-state index >= 15 is 0 Å². The molecule has 0 aliphatic heterocycles. The van der Waals surface area contributed by atoms with Crippen LogP contribution in [0.1, 0.15) is 21.5 Å². The fourth-order valence-corrected chi connectivity index (χ4v) is 2.42. The molecule has 6 nitrogen and oxygen atoms in total. The minimum atomic E-state index is -0.249. The first-order chi connectivity index (χ1) is 13.9. The average Bonchev–Trinajstić information content (AvgIpc) is 2.74. The molecule has 0 radical (unpaired) electrons. The van der Waals surface area contributed by atoms with E-state index < -0.39 is 0 Å². The molecule has 2 aromatic rings. The van der Waals surface area contributed by atoms with Crippen LogP contribution in [0.15, 0.2) is 48.5 Å². The summed E-state index contributed by atoms with van der Waals surface area (Å²) in [6, 6.07) is 12.4. The molecule has 6 heteroatoms. The maximum Gasteiger partial charge on any atom is 0.253 e. The molecule has 29 heavy (non-hydrogen) atoms. The number of rotatable bonds is 6. The SMILES string of the molecule is COc1ccc(/C=C/C(=O)NCC#Cc2ccc(C(=O)N(C)C)cc2)cc1OC. The quantitative estimate of drug-likeness (QED) is 0.606. The van der Waals surface area contributed by atoms with E-state index in [0.717, 1.165) is 11.1 Å². The molecule has 1 N–H and O–H groups in total. The Balaban J connectivity index is 1.87. The number of hydrogen-bond acceptors (Lipinski definition) is 4. The van der Waals surface area contributed by atoms with Crippen molar-refractivity contribution < 1.29 is 19.1 Å². The van der Waals surface area contributed by atoms with Gasteiger partial charge in [-0.1, -0.05) is 17.9 Å². The molecule has 0 fully saturated rings. The number of hydrogen-bond donors (Lipinski definition) is 1. The average molecular weight is 392 g/mol. The summed E-state index contributed by atoms with van der Waals surface area (Å²) in [4.78, 5) is 25.3. The number of amides is 2. The van der Waals surface area contributed by atoms with E-state index in [4.69, 9.17) is 9.47 Å². The molecule has 2 rings (SSSR count). The van der Waals surface area contributed by atoms with Crippen LogP contribution in [0.5, 0.6) is 11.5 Å². The molecule has 2 aromatic carbocycles. The molecule has 0 aliphatic carbocycles. The third kappa shape index (κ3) is 6.43. The molecule has 0 aromatic heterocycles. The zero-order chi connectivity index (χ0) is 21.2. The van der Waals surface area contributed by atoms with Crippen molar-refractivity contribution in [2.24, 2.45) is 0 Å². The molecule has 0 saturated carbocycles. The number of methoxy groups -OCH3 is 2. The smallest absolute Gasteiger partial charge is 0.253 e. The standard InChI is InChI=1S/C23H24N2O4/c1-25(2)23(27)19-11-7-17(8-12-19)6-5-15-24-22(26)14-10-18-9-13-20(28-3)21(16-18)29-4/h7-14,16H,15H2,1-4H3,(H,24,26)/b14-10+. The molecule has 0 saturated heterocycles. The normalized spacial score (nSPS) is 10.1. The van der Waals surface area contributed by atoms with Crippen LogP contribution in [0.3, 0.4) is 0 Å². The van der Waals surface area contributed by atoms with E-state index in [1.165, 1.54) is 11.0 Å². The molecule has 2 amide bonds. The highest BCUT2D eigenvalue weighted by atomic mass is 16.5. The lowest BCUT2D eigenvalue weighted by atomic mass is 10.1. The third-order valence-corrected chi connectivity index (χ3v) is 3.96. The Kier molecular flexibility index (Phi) is 7.87. The fourth-order valence-electron chi connectivity index (χ4n) is 2.42. The summed E-state index contributed by atoms with van der Waals surface area (Å²) >= 11 is 0. The van der Waals surface area contributed by atoms with E-state index in [1.54, 1.807) is 70.8 Å². The van der Waals surface area contributed by atoms with Gasteiger partial charge in [0.1, 0.15) is 0 Å². The number of nitrogens with one attached hydrogen (secondary N) is 1. The second-order valence-corrected chi connectivity index (χ2v) is 6.24. The lowest BCUT2D eigenvalue weighted by Gasteiger charge is -2.09. The predicted octanol–water partition coefficient (Wildman–Crippen LogP) is 2.59. The van der Waals surface area contributed by atoms with Gasteiger partial charge in [0.2, 0.25) is 5.91 Å². The van der Waals surface area contributed by atoms with Crippen molar-refractivity contribution in [2.75, 3.05) is 34.9 Å². The van der Waals surface area contributed by atoms with Crippen LogP contribution in [0.2, 0.25) is 0 Å². The summed E-state index contributed by atoms with van der Waals surface area (Å²) in [6.07, 6.45) is 3.12. The highest BCUT2D eigenvalue weighted by molar-refractivity contribution is 5.94. The molecule has 0 bridgehead atoms. The van der Waals surface area contributed by atoms with Gasteiger partial charge in [0.15, 0.2) is 11.5 Å². The minimum Gasteiger partial charge on any atom is -0.493 e. The van der Waals surface area contributed by atoms with Crippen LogP contribution >= 0.6 is 0 Å². The summed E-state index contributed by atoms with van der Waals surface area (Å²) < 4.78 is 10.4. The largest absolute Gasteiger partial charge is 0.493 e. The van der Waals surface area contributed by atoms with E-state index in [0.29, 0.717) is 17.1 Å². The van der Waals surface area contributed by atoms with Gasteiger partial charge in [0, 0.05) is 31.3 Å². The molecular formula is C23H24N2O4. The van der Waals surface area contributed by atoms with Crippen LogP contribution in [0, 0.1) is 11.8 Å². The third-order valence-electron chi connectivity index (χ3n) is 3.96. The lowest BCUT2D eigenvalue weighted by Crippen LogP contribution is -2.21. The van der Waals surface area contributed by atoms with Gasteiger partial charge >= 0.3 is 0 Å². The summed E-state index contributed by atoms with van der Waals surface area (Å²) in [6.45, 7) is 0.216. The molecule has 0 atom stereocenters. The monoisotopic (exact) mass is 392 g/mol. The minimum absolute atomic E-state index is 0.0574. The van der Waals surface area contributed by atoms with E-state index in [-0.39, 0.29) is 18.4 Å². The Morgan fingerprint density at radius 1 is 1.03 bits per heavy atom. The van der Waals surface area contributed by atoms with Crippen LogP contribution in [0.4, 0.5) is 0 Å².